The second-order valence-electron chi connectivity index (χ2n) is 3.73. The van der Waals surface area contributed by atoms with Gasteiger partial charge in [-0.25, -0.2) is 0 Å². The van der Waals surface area contributed by atoms with Crippen molar-refractivity contribution in [3.8, 4) is 5.75 Å². The van der Waals surface area contributed by atoms with E-state index >= 15 is 0 Å². The smallest absolute Gasteiger partial charge is 0.119 e. The molecule has 0 atom stereocenters. The molecule has 0 bridgehead atoms. The van der Waals surface area contributed by atoms with Gasteiger partial charge in [0.1, 0.15) is 5.75 Å². The monoisotopic (exact) mass is 225 g/mol. The van der Waals surface area contributed by atoms with Crippen LogP contribution in [0.5, 0.6) is 5.75 Å². The zero-order chi connectivity index (χ0) is 11.9. The topological polar surface area (TPSA) is 21.6 Å². The Hall–Kier alpha value is -2.09. The van der Waals surface area contributed by atoms with Crippen LogP contribution in [0, 0.1) is 0 Å². The van der Waals surface area contributed by atoms with Crippen LogP contribution in [0.15, 0.2) is 59.6 Å². The lowest BCUT2D eigenvalue weighted by molar-refractivity contribution is 0.415. The highest BCUT2D eigenvalue weighted by Crippen LogP contribution is 2.11. The maximum atomic E-state index is 5.16. The van der Waals surface area contributed by atoms with Gasteiger partial charge in [0.15, 0.2) is 0 Å². The van der Waals surface area contributed by atoms with Crippen LogP contribution in [-0.4, -0.2) is 13.3 Å². The molecular formula is C15H15NO. The van der Waals surface area contributed by atoms with Crippen molar-refractivity contribution in [1.29, 1.82) is 0 Å². The van der Waals surface area contributed by atoms with Gasteiger partial charge in [-0.2, -0.15) is 0 Å². The van der Waals surface area contributed by atoms with Crippen LogP contribution < -0.4 is 4.74 Å². The van der Waals surface area contributed by atoms with Gasteiger partial charge in [0.25, 0.3) is 0 Å². The Morgan fingerprint density at radius 1 is 1.06 bits per heavy atom. The fraction of sp³-hybridized carbons (Fsp3) is 0.133. The Kier molecular flexibility index (Phi) is 3.92. The van der Waals surface area contributed by atoms with Gasteiger partial charge in [-0.15, -0.1) is 0 Å². The molecule has 0 heterocycles. The Labute approximate surface area is 102 Å². The molecule has 2 rings (SSSR count). The van der Waals surface area contributed by atoms with E-state index in [1.54, 1.807) is 7.11 Å². The highest BCUT2D eigenvalue weighted by atomic mass is 16.5. The van der Waals surface area contributed by atoms with Crippen molar-refractivity contribution < 1.29 is 4.74 Å². The summed E-state index contributed by atoms with van der Waals surface area (Å²) in [7, 11) is 1.67. The third-order valence-electron chi connectivity index (χ3n) is 2.45. The van der Waals surface area contributed by atoms with Crippen molar-refractivity contribution in [1.82, 2.24) is 0 Å². The molecule has 86 valence electrons. The van der Waals surface area contributed by atoms with Gasteiger partial charge in [-0.1, -0.05) is 42.5 Å². The highest BCUT2D eigenvalue weighted by molar-refractivity contribution is 5.80. The minimum Gasteiger partial charge on any atom is -0.497 e. The number of hydrogen-bond donors (Lipinski definition) is 0. The van der Waals surface area contributed by atoms with E-state index in [2.05, 4.69) is 17.1 Å². The minimum atomic E-state index is 0.706. The van der Waals surface area contributed by atoms with Crippen LogP contribution in [0.1, 0.15) is 11.1 Å². The molecule has 0 amide bonds. The van der Waals surface area contributed by atoms with E-state index in [9.17, 15) is 0 Å². The van der Waals surface area contributed by atoms with Gasteiger partial charge >= 0.3 is 0 Å². The minimum absolute atomic E-state index is 0.706. The second-order valence-corrected chi connectivity index (χ2v) is 3.73. The van der Waals surface area contributed by atoms with Crippen molar-refractivity contribution in [2.24, 2.45) is 4.99 Å². The van der Waals surface area contributed by atoms with E-state index in [1.165, 1.54) is 5.56 Å². The van der Waals surface area contributed by atoms with E-state index in [4.69, 9.17) is 4.74 Å². The predicted molar refractivity (Wildman–Crippen MR) is 70.7 cm³/mol. The second kappa shape index (κ2) is 5.85. The molecule has 0 aromatic heterocycles. The van der Waals surface area contributed by atoms with Crippen molar-refractivity contribution in [2.45, 2.75) is 6.54 Å². The number of benzene rings is 2. The zero-order valence-electron chi connectivity index (χ0n) is 9.84. The molecule has 0 aliphatic rings. The molecule has 0 aliphatic carbocycles. The summed E-state index contributed by atoms with van der Waals surface area (Å²) in [4.78, 5) is 4.41. The molecule has 0 radical (unpaired) electrons. The van der Waals surface area contributed by atoms with E-state index in [0.29, 0.717) is 6.54 Å². The van der Waals surface area contributed by atoms with Gasteiger partial charge in [-0.05, 0) is 23.3 Å². The fourth-order valence-corrected chi connectivity index (χ4v) is 1.56. The van der Waals surface area contributed by atoms with Crippen molar-refractivity contribution in [3.63, 3.8) is 0 Å². The number of methoxy groups -OCH3 is 1. The lowest BCUT2D eigenvalue weighted by atomic mass is 10.2. The molecular weight excluding hydrogens is 210 g/mol. The summed E-state index contributed by atoms with van der Waals surface area (Å²) in [6.45, 7) is 0.706. The average Bonchev–Trinajstić information content (AvgIpc) is 2.40. The first-order valence-electron chi connectivity index (χ1n) is 5.56. The average molecular weight is 225 g/mol. The first kappa shape index (κ1) is 11.4. The molecule has 0 N–H and O–H groups in total. The fourth-order valence-electron chi connectivity index (χ4n) is 1.56. The maximum absolute atomic E-state index is 5.16. The molecule has 0 spiro atoms. The third kappa shape index (κ3) is 3.45. The first-order valence-corrected chi connectivity index (χ1v) is 5.56. The third-order valence-corrected chi connectivity index (χ3v) is 2.45. The Balaban J connectivity index is 2.00. The van der Waals surface area contributed by atoms with Gasteiger partial charge in [-0.3, -0.25) is 4.99 Å². The summed E-state index contributed by atoms with van der Waals surface area (Å²) < 4.78 is 5.16. The summed E-state index contributed by atoms with van der Waals surface area (Å²) in [5, 5.41) is 0. The summed E-state index contributed by atoms with van der Waals surface area (Å²) in [6.07, 6.45) is 1.87. The van der Waals surface area contributed by atoms with E-state index < -0.39 is 0 Å². The molecule has 0 aliphatic heterocycles. The summed E-state index contributed by atoms with van der Waals surface area (Å²) in [6, 6.07) is 18.1. The quantitative estimate of drug-likeness (QED) is 0.731. The van der Waals surface area contributed by atoms with Crippen LogP contribution in [0.2, 0.25) is 0 Å². The number of hydrogen-bond acceptors (Lipinski definition) is 2. The SMILES string of the molecule is COc1cccc(C=NCc2ccccc2)c1. The van der Waals surface area contributed by atoms with Crippen molar-refractivity contribution >= 4 is 6.21 Å². The lowest BCUT2D eigenvalue weighted by Gasteiger charge is -1.99. The molecule has 0 saturated heterocycles. The lowest BCUT2D eigenvalue weighted by Crippen LogP contribution is -1.87. The molecule has 0 unspecified atom stereocenters. The molecule has 17 heavy (non-hydrogen) atoms. The Morgan fingerprint density at radius 3 is 2.65 bits per heavy atom. The van der Waals surface area contributed by atoms with Crippen molar-refractivity contribution in [3.05, 3.63) is 65.7 Å². The molecule has 0 saturated carbocycles. The van der Waals surface area contributed by atoms with Crippen LogP contribution >= 0.6 is 0 Å². The maximum Gasteiger partial charge on any atom is 0.119 e. The molecule has 2 aromatic rings. The Bertz CT molecular complexity index is 491. The highest BCUT2D eigenvalue weighted by Gasteiger charge is 1.92. The summed E-state index contributed by atoms with van der Waals surface area (Å²) >= 11 is 0. The number of rotatable bonds is 4. The van der Waals surface area contributed by atoms with E-state index in [0.717, 1.165) is 11.3 Å². The van der Waals surface area contributed by atoms with E-state index in [-0.39, 0.29) is 0 Å². The number of nitrogens with zero attached hydrogens (tertiary/aromatic N) is 1. The summed E-state index contributed by atoms with van der Waals surface area (Å²) in [5.41, 5.74) is 2.27. The zero-order valence-corrected chi connectivity index (χ0v) is 9.84. The molecule has 2 heteroatoms. The van der Waals surface area contributed by atoms with Gasteiger partial charge < -0.3 is 4.74 Å². The predicted octanol–water partition coefficient (Wildman–Crippen LogP) is 3.31. The van der Waals surface area contributed by atoms with Crippen LogP contribution in [-0.2, 0) is 6.54 Å². The van der Waals surface area contributed by atoms with Gasteiger partial charge in [0, 0.05) is 6.21 Å². The number of ether oxygens (including phenoxy) is 1. The van der Waals surface area contributed by atoms with Crippen LogP contribution in [0.25, 0.3) is 0 Å². The molecule has 0 fully saturated rings. The van der Waals surface area contributed by atoms with Crippen LogP contribution in [0.3, 0.4) is 0 Å². The van der Waals surface area contributed by atoms with Gasteiger partial charge in [0.2, 0.25) is 0 Å². The largest absolute Gasteiger partial charge is 0.497 e. The molecule has 2 nitrogen and oxygen atoms in total. The van der Waals surface area contributed by atoms with E-state index in [1.807, 2.05) is 48.7 Å². The normalized spacial score (nSPS) is 10.6. The van der Waals surface area contributed by atoms with Crippen molar-refractivity contribution in [2.75, 3.05) is 7.11 Å². The molecule has 2 aromatic carbocycles. The standard InChI is InChI=1S/C15H15NO/c1-17-15-9-5-8-14(10-15)12-16-11-13-6-3-2-4-7-13/h2-10,12H,11H2,1H3. The summed E-state index contributed by atoms with van der Waals surface area (Å²) in [5.74, 6) is 0.855. The first-order chi connectivity index (χ1) is 8.38. The van der Waals surface area contributed by atoms with Crippen LogP contribution in [0.4, 0.5) is 0 Å². The van der Waals surface area contributed by atoms with Gasteiger partial charge in [0.05, 0.1) is 13.7 Å². The Morgan fingerprint density at radius 2 is 1.88 bits per heavy atom. The number of aliphatic imine (C=N–C) groups is 1.